The van der Waals surface area contributed by atoms with Crippen LogP contribution in [0.3, 0.4) is 0 Å². The van der Waals surface area contributed by atoms with Crippen molar-refractivity contribution in [2.24, 2.45) is 0 Å². The lowest BCUT2D eigenvalue weighted by molar-refractivity contribution is -0.137. The van der Waals surface area contributed by atoms with Crippen molar-refractivity contribution in [2.45, 2.75) is 13.1 Å². The maximum Gasteiger partial charge on any atom is 0.417 e. The molecule has 0 saturated carbocycles. The molecule has 0 aliphatic rings. The fourth-order valence-corrected chi connectivity index (χ4v) is 2.99. The van der Waals surface area contributed by atoms with Gasteiger partial charge in [0.1, 0.15) is 0 Å². The van der Waals surface area contributed by atoms with E-state index in [1.807, 2.05) is 0 Å². The highest BCUT2D eigenvalue weighted by atomic mass is 35.5. The van der Waals surface area contributed by atoms with Crippen LogP contribution in [0.1, 0.15) is 16.7 Å². The molecule has 3 rings (SSSR count). The average molecular weight is 475 g/mol. The molecule has 3 N–H and O–H groups in total. The summed E-state index contributed by atoms with van der Waals surface area (Å²) in [4.78, 5) is 28.5. The number of anilines is 3. The van der Waals surface area contributed by atoms with Gasteiger partial charge in [-0.05, 0) is 60.5 Å². The van der Waals surface area contributed by atoms with Gasteiger partial charge in [0, 0.05) is 35.5 Å². The molecule has 3 amide bonds. The molecule has 1 heterocycles. The fraction of sp³-hybridized carbons (Fsp3) is 0.0870. The predicted octanol–water partition coefficient (Wildman–Crippen LogP) is 6.36. The Kier molecular flexibility index (Phi) is 7.34. The number of rotatable bonds is 5. The van der Waals surface area contributed by atoms with Gasteiger partial charge in [-0.1, -0.05) is 23.7 Å². The second kappa shape index (κ2) is 10.2. The maximum absolute atomic E-state index is 13.0. The fourth-order valence-electron chi connectivity index (χ4n) is 2.77. The van der Waals surface area contributed by atoms with Crippen molar-refractivity contribution in [3.63, 3.8) is 0 Å². The van der Waals surface area contributed by atoms with Crippen molar-refractivity contribution in [2.75, 3.05) is 16.0 Å². The molecule has 0 unspecified atom stereocenters. The van der Waals surface area contributed by atoms with Gasteiger partial charge in [-0.25, -0.2) is 4.79 Å². The van der Waals surface area contributed by atoms with Gasteiger partial charge in [-0.2, -0.15) is 13.2 Å². The van der Waals surface area contributed by atoms with Crippen LogP contribution in [0.15, 0.2) is 67.0 Å². The molecule has 0 aliphatic carbocycles. The number of aromatic nitrogens is 1. The summed E-state index contributed by atoms with van der Waals surface area (Å²) in [6.45, 7) is 1.77. The molecule has 170 valence electrons. The lowest BCUT2D eigenvalue weighted by atomic mass is 10.1. The summed E-state index contributed by atoms with van der Waals surface area (Å²) in [6, 6.07) is 10.7. The Morgan fingerprint density at radius 2 is 1.70 bits per heavy atom. The molecule has 33 heavy (non-hydrogen) atoms. The van der Waals surface area contributed by atoms with E-state index in [0.29, 0.717) is 11.4 Å². The number of urea groups is 1. The second-order valence-electron chi connectivity index (χ2n) is 6.91. The molecule has 2 aromatic carbocycles. The third kappa shape index (κ3) is 6.81. The van der Waals surface area contributed by atoms with E-state index in [9.17, 15) is 22.8 Å². The third-order valence-electron chi connectivity index (χ3n) is 4.39. The van der Waals surface area contributed by atoms with Gasteiger partial charge in [0.2, 0.25) is 5.91 Å². The van der Waals surface area contributed by atoms with Crippen LogP contribution in [0.2, 0.25) is 5.02 Å². The number of halogens is 4. The van der Waals surface area contributed by atoms with E-state index < -0.39 is 22.8 Å². The van der Waals surface area contributed by atoms with Crippen molar-refractivity contribution in [1.29, 1.82) is 0 Å². The molecule has 0 radical (unpaired) electrons. The van der Waals surface area contributed by atoms with E-state index in [2.05, 4.69) is 20.9 Å². The SMILES string of the molecule is Cc1ccc(NC(=O)Nc2ccc(Cl)c(C(F)(F)F)c2)cc1NC(=O)/C=C/c1cccnc1. The largest absolute Gasteiger partial charge is 0.417 e. The number of amides is 3. The monoisotopic (exact) mass is 474 g/mol. The molecule has 0 saturated heterocycles. The molecular weight excluding hydrogens is 457 g/mol. The summed E-state index contributed by atoms with van der Waals surface area (Å²) in [6.07, 6.45) is 1.53. The first-order chi connectivity index (χ1) is 15.6. The molecule has 0 atom stereocenters. The number of carbonyl (C=O) groups excluding carboxylic acids is 2. The Morgan fingerprint density at radius 3 is 2.36 bits per heavy atom. The van der Waals surface area contributed by atoms with Gasteiger partial charge in [-0.15, -0.1) is 0 Å². The normalized spacial score (nSPS) is 11.3. The van der Waals surface area contributed by atoms with E-state index in [1.165, 1.54) is 18.2 Å². The van der Waals surface area contributed by atoms with Crippen LogP contribution >= 0.6 is 11.6 Å². The molecule has 0 aliphatic heterocycles. The molecule has 1 aromatic heterocycles. The highest BCUT2D eigenvalue weighted by Crippen LogP contribution is 2.36. The smallest absolute Gasteiger partial charge is 0.322 e. The second-order valence-corrected chi connectivity index (χ2v) is 7.32. The minimum absolute atomic E-state index is 0.0783. The average Bonchev–Trinajstić information content (AvgIpc) is 2.76. The van der Waals surface area contributed by atoms with Crippen LogP contribution in [0.25, 0.3) is 6.08 Å². The van der Waals surface area contributed by atoms with E-state index in [0.717, 1.165) is 23.3 Å². The number of benzene rings is 2. The Bertz CT molecular complexity index is 1200. The number of hydrogen-bond acceptors (Lipinski definition) is 3. The summed E-state index contributed by atoms with van der Waals surface area (Å²) in [5, 5.41) is 7.10. The van der Waals surface area contributed by atoms with Crippen LogP contribution < -0.4 is 16.0 Å². The highest BCUT2D eigenvalue weighted by Gasteiger charge is 2.33. The number of aryl methyl sites for hydroxylation is 1. The summed E-state index contributed by atoms with van der Waals surface area (Å²) < 4.78 is 39.0. The number of carbonyl (C=O) groups is 2. The Balaban J connectivity index is 1.66. The molecule has 0 fully saturated rings. The van der Waals surface area contributed by atoms with Gasteiger partial charge in [0.15, 0.2) is 0 Å². The van der Waals surface area contributed by atoms with E-state index in [4.69, 9.17) is 11.6 Å². The minimum Gasteiger partial charge on any atom is -0.322 e. The summed E-state index contributed by atoms with van der Waals surface area (Å²) in [7, 11) is 0. The first-order valence-electron chi connectivity index (χ1n) is 9.56. The molecule has 0 spiro atoms. The van der Waals surface area contributed by atoms with Crippen LogP contribution in [0, 0.1) is 6.92 Å². The first kappa shape index (κ1) is 23.8. The molecular formula is C23H18ClF3N4O2. The molecule has 10 heteroatoms. The van der Waals surface area contributed by atoms with Crippen molar-refractivity contribution < 1.29 is 22.8 Å². The van der Waals surface area contributed by atoms with Crippen LogP contribution in [-0.2, 0) is 11.0 Å². The predicted molar refractivity (Wildman–Crippen MR) is 122 cm³/mol. The number of hydrogen-bond donors (Lipinski definition) is 3. The molecule has 0 bridgehead atoms. The van der Waals surface area contributed by atoms with Crippen LogP contribution in [0.5, 0.6) is 0 Å². The minimum atomic E-state index is -4.65. The zero-order chi connectivity index (χ0) is 24.0. The highest BCUT2D eigenvalue weighted by molar-refractivity contribution is 6.31. The van der Waals surface area contributed by atoms with Crippen molar-refractivity contribution >= 4 is 46.7 Å². The van der Waals surface area contributed by atoms with Crippen LogP contribution in [0.4, 0.5) is 35.0 Å². The van der Waals surface area contributed by atoms with Gasteiger partial charge >= 0.3 is 12.2 Å². The van der Waals surface area contributed by atoms with E-state index in [-0.39, 0.29) is 11.6 Å². The van der Waals surface area contributed by atoms with E-state index in [1.54, 1.807) is 49.7 Å². The number of nitrogens with one attached hydrogen (secondary N) is 3. The van der Waals surface area contributed by atoms with Crippen molar-refractivity contribution in [3.8, 4) is 0 Å². The zero-order valence-corrected chi connectivity index (χ0v) is 18.0. The zero-order valence-electron chi connectivity index (χ0n) is 17.2. The number of nitrogens with zero attached hydrogens (tertiary/aromatic N) is 1. The Morgan fingerprint density at radius 1 is 1.00 bits per heavy atom. The summed E-state index contributed by atoms with van der Waals surface area (Å²) in [5.74, 6) is -0.385. The number of alkyl halides is 3. The summed E-state index contributed by atoms with van der Waals surface area (Å²) in [5.41, 5.74) is 1.16. The summed E-state index contributed by atoms with van der Waals surface area (Å²) >= 11 is 5.59. The van der Waals surface area contributed by atoms with Gasteiger partial charge < -0.3 is 16.0 Å². The number of pyridine rings is 1. The van der Waals surface area contributed by atoms with Crippen molar-refractivity contribution in [3.05, 3.63) is 88.7 Å². The quantitative estimate of drug-likeness (QED) is 0.376. The van der Waals surface area contributed by atoms with Gasteiger partial charge in [0.05, 0.1) is 10.6 Å². The van der Waals surface area contributed by atoms with Gasteiger partial charge in [-0.3, -0.25) is 9.78 Å². The lowest BCUT2D eigenvalue weighted by Gasteiger charge is -2.13. The topological polar surface area (TPSA) is 83.1 Å². The van der Waals surface area contributed by atoms with Gasteiger partial charge in [0.25, 0.3) is 0 Å². The molecule has 6 nitrogen and oxygen atoms in total. The van der Waals surface area contributed by atoms with Crippen LogP contribution in [-0.4, -0.2) is 16.9 Å². The maximum atomic E-state index is 13.0. The Hall–Kier alpha value is -3.85. The Labute approximate surface area is 192 Å². The van der Waals surface area contributed by atoms with E-state index >= 15 is 0 Å². The molecule has 3 aromatic rings. The third-order valence-corrected chi connectivity index (χ3v) is 4.72. The van der Waals surface area contributed by atoms with Crippen molar-refractivity contribution in [1.82, 2.24) is 4.98 Å². The first-order valence-corrected chi connectivity index (χ1v) is 9.94. The lowest BCUT2D eigenvalue weighted by Crippen LogP contribution is -2.20. The standard InChI is InChI=1S/C23H18ClF3N4O2/c1-14-4-6-17(12-20(14)31-21(32)9-5-15-3-2-10-28-13-15)30-22(33)29-16-7-8-19(24)18(11-16)23(25,26)27/h2-13H,1H3,(H,31,32)(H2,29,30,33)/b9-5+.